The summed E-state index contributed by atoms with van der Waals surface area (Å²) >= 11 is 6.18. The van der Waals surface area contributed by atoms with Crippen molar-refractivity contribution in [1.29, 1.82) is 0 Å². The fraction of sp³-hybridized carbons (Fsp3) is 0.312. The van der Waals surface area contributed by atoms with E-state index in [1.54, 1.807) is 12.4 Å². The monoisotopic (exact) mass is 274 g/mol. The molecular formula is C16H19ClN2. The van der Waals surface area contributed by atoms with Gasteiger partial charge in [-0.3, -0.25) is 4.98 Å². The van der Waals surface area contributed by atoms with Crippen molar-refractivity contribution in [2.45, 2.75) is 19.4 Å². The Morgan fingerprint density at radius 2 is 1.95 bits per heavy atom. The molecule has 0 fully saturated rings. The van der Waals surface area contributed by atoms with Crippen molar-refractivity contribution in [3.8, 4) is 0 Å². The van der Waals surface area contributed by atoms with Crippen LogP contribution in [0.1, 0.15) is 24.1 Å². The predicted molar refractivity (Wildman–Crippen MR) is 80.4 cm³/mol. The number of pyridine rings is 1. The molecule has 0 saturated carbocycles. The van der Waals surface area contributed by atoms with Crippen molar-refractivity contribution in [2.24, 2.45) is 5.92 Å². The summed E-state index contributed by atoms with van der Waals surface area (Å²) in [6, 6.07) is 12.8. The number of rotatable bonds is 5. The van der Waals surface area contributed by atoms with Crippen LogP contribution in [0, 0.1) is 5.92 Å². The van der Waals surface area contributed by atoms with Gasteiger partial charge in [-0.2, -0.15) is 0 Å². The van der Waals surface area contributed by atoms with Crippen molar-refractivity contribution in [2.75, 3.05) is 7.05 Å². The molecule has 0 spiro atoms. The van der Waals surface area contributed by atoms with Crippen molar-refractivity contribution in [1.82, 2.24) is 10.3 Å². The number of nitrogens with zero attached hydrogens (tertiary/aromatic N) is 1. The van der Waals surface area contributed by atoms with E-state index in [1.807, 2.05) is 19.2 Å². The molecule has 100 valence electrons. The molecular weight excluding hydrogens is 256 g/mol. The molecule has 0 aliphatic carbocycles. The number of hydrogen-bond acceptors (Lipinski definition) is 2. The zero-order chi connectivity index (χ0) is 13.7. The molecule has 0 saturated heterocycles. The van der Waals surface area contributed by atoms with Crippen LogP contribution in [0.5, 0.6) is 0 Å². The zero-order valence-corrected chi connectivity index (χ0v) is 12.1. The first-order chi connectivity index (χ1) is 9.22. The van der Waals surface area contributed by atoms with Crippen LogP contribution in [0.3, 0.4) is 0 Å². The molecule has 2 atom stereocenters. The summed E-state index contributed by atoms with van der Waals surface area (Å²) in [5.41, 5.74) is 2.46. The Hall–Kier alpha value is -1.38. The Kier molecular flexibility index (Phi) is 4.94. The molecule has 1 N–H and O–H groups in total. The van der Waals surface area contributed by atoms with Crippen molar-refractivity contribution < 1.29 is 0 Å². The van der Waals surface area contributed by atoms with Crippen LogP contribution in [-0.2, 0) is 6.42 Å². The third kappa shape index (κ3) is 3.55. The van der Waals surface area contributed by atoms with Gasteiger partial charge in [0.25, 0.3) is 0 Å². The molecule has 2 unspecified atom stereocenters. The largest absolute Gasteiger partial charge is 0.313 e. The first kappa shape index (κ1) is 14.0. The summed E-state index contributed by atoms with van der Waals surface area (Å²) in [6.45, 7) is 2.24. The van der Waals surface area contributed by atoms with Gasteiger partial charge in [0.1, 0.15) is 0 Å². The standard InChI is InChI=1S/C16H19ClN2/c1-12(10-14-8-9-19-11-15(14)17)16(18-2)13-6-4-3-5-7-13/h3-9,11-12,16,18H,10H2,1-2H3. The summed E-state index contributed by atoms with van der Waals surface area (Å²) in [6.07, 6.45) is 4.44. The summed E-state index contributed by atoms with van der Waals surface area (Å²) in [4.78, 5) is 4.03. The van der Waals surface area contributed by atoms with E-state index in [9.17, 15) is 0 Å². The van der Waals surface area contributed by atoms with Crippen LogP contribution >= 0.6 is 11.6 Å². The van der Waals surface area contributed by atoms with E-state index in [2.05, 4.69) is 41.5 Å². The van der Waals surface area contributed by atoms with Gasteiger partial charge < -0.3 is 5.32 Å². The number of benzene rings is 1. The second-order valence-corrected chi connectivity index (χ2v) is 5.23. The Morgan fingerprint density at radius 1 is 1.21 bits per heavy atom. The van der Waals surface area contributed by atoms with Crippen LogP contribution in [0.15, 0.2) is 48.8 Å². The van der Waals surface area contributed by atoms with Crippen LogP contribution in [-0.4, -0.2) is 12.0 Å². The summed E-state index contributed by atoms with van der Waals surface area (Å²) in [5.74, 6) is 0.451. The molecule has 1 aromatic carbocycles. The molecule has 2 aromatic rings. The van der Waals surface area contributed by atoms with Gasteiger partial charge >= 0.3 is 0 Å². The average Bonchev–Trinajstić information content (AvgIpc) is 2.43. The molecule has 0 amide bonds. The minimum atomic E-state index is 0.324. The van der Waals surface area contributed by atoms with Gasteiger partial charge in [-0.25, -0.2) is 0 Å². The average molecular weight is 275 g/mol. The van der Waals surface area contributed by atoms with Gasteiger partial charge in [0.15, 0.2) is 0 Å². The second kappa shape index (κ2) is 6.69. The molecule has 2 nitrogen and oxygen atoms in total. The molecule has 0 aliphatic heterocycles. The lowest BCUT2D eigenvalue weighted by molar-refractivity contribution is 0.409. The predicted octanol–water partition coefficient (Wildman–Crippen LogP) is 3.87. The molecule has 3 heteroatoms. The van der Waals surface area contributed by atoms with Gasteiger partial charge in [0.05, 0.1) is 5.02 Å². The van der Waals surface area contributed by atoms with E-state index in [1.165, 1.54) is 5.56 Å². The first-order valence-electron chi connectivity index (χ1n) is 6.53. The van der Waals surface area contributed by atoms with E-state index in [0.29, 0.717) is 12.0 Å². The van der Waals surface area contributed by atoms with E-state index in [4.69, 9.17) is 11.6 Å². The summed E-state index contributed by atoms with van der Waals surface area (Å²) < 4.78 is 0. The lowest BCUT2D eigenvalue weighted by atomic mass is 9.89. The van der Waals surface area contributed by atoms with Crippen molar-refractivity contribution >= 4 is 11.6 Å². The molecule has 1 heterocycles. The van der Waals surface area contributed by atoms with Gasteiger partial charge in [-0.1, -0.05) is 48.9 Å². The minimum absolute atomic E-state index is 0.324. The van der Waals surface area contributed by atoms with Crippen LogP contribution < -0.4 is 5.32 Å². The highest BCUT2D eigenvalue weighted by Crippen LogP contribution is 2.26. The highest BCUT2D eigenvalue weighted by atomic mass is 35.5. The number of aromatic nitrogens is 1. The van der Waals surface area contributed by atoms with Gasteiger partial charge in [0.2, 0.25) is 0 Å². The maximum Gasteiger partial charge on any atom is 0.0621 e. The minimum Gasteiger partial charge on any atom is -0.313 e. The van der Waals surface area contributed by atoms with Gasteiger partial charge in [-0.05, 0) is 36.6 Å². The molecule has 0 aliphatic rings. The lowest BCUT2D eigenvalue weighted by Gasteiger charge is -2.24. The molecule has 19 heavy (non-hydrogen) atoms. The third-order valence-electron chi connectivity index (χ3n) is 3.44. The SMILES string of the molecule is CNC(c1ccccc1)C(C)Cc1ccncc1Cl. The topological polar surface area (TPSA) is 24.9 Å². The van der Waals surface area contributed by atoms with E-state index >= 15 is 0 Å². The summed E-state index contributed by atoms with van der Waals surface area (Å²) in [7, 11) is 2.00. The number of hydrogen-bond donors (Lipinski definition) is 1. The van der Waals surface area contributed by atoms with Crippen molar-refractivity contribution in [3.05, 3.63) is 64.9 Å². The number of nitrogens with one attached hydrogen (secondary N) is 1. The Morgan fingerprint density at radius 3 is 2.58 bits per heavy atom. The lowest BCUT2D eigenvalue weighted by Crippen LogP contribution is -2.24. The van der Waals surface area contributed by atoms with Gasteiger partial charge in [-0.15, -0.1) is 0 Å². The van der Waals surface area contributed by atoms with Gasteiger partial charge in [0, 0.05) is 18.4 Å². The molecule has 1 aromatic heterocycles. The smallest absolute Gasteiger partial charge is 0.0621 e. The first-order valence-corrected chi connectivity index (χ1v) is 6.90. The molecule has 2 rings (SSSR count). The third-order valence-corrected chi connectivity index (χ3v) is 3.78. The second-order valence-electron chi connectivity index (χ2n) is 4.83. The zero-order valence-electron chi connectivity index (χ0n) is 11.3. The van der Waals surface area contributed by atoms with E-state index in [0.717, 1.165) is 17.0 Å². The molecule has 0 bridgehead atoms. The maximum absolute atomic E-state index is 6.18. The van der Waals surface area contributed by atoms with Crippen LogP contribution in [0.2, 0.25) is 5.02 Å². The Labute approximate surface area is 119 Å². The Bertz CT molecular complexity index is 513. The van der Waals surface area contributed by atoms with Crippen LogP contribution in [0.4, 0.5) is 0 Å². The quantitative estimate of drug-likeness (QED) is 0.895. The van der Waals surface area contributed by atoms with E-state index < -0.39 is 0 Å². The Balaban J connectivity index is 2.14. The fourth-order valence-corrected chi connectivity index (χ4v) is 2.67. The van der Waals surface area contributed by atoms with Crippen molar-refractivity contribution in [3.63, 3.8) is 0 Å². The van der Waals surface area contributed by atoms with Crippen LogP contribution in [0.25, 0.3) is 0 Å². The molecule has 0 radical (unpaired) electrons. The highest BCUT2D eigenvalue weighted by Gasteiger charge is 2.18. The normalized spacial score (nSPS) is 14.1. The highest BCUT2D eigenvalue weighted by molar-refractivity contribution is 6.31. The maximum atomic E-state index is 6.18. The summed E-state index contributed by atoms with van der Waals surface area (Å²) in [5, 5.41) is 4.15. The number of halogens is 1. The fourth-order valence-electron chi connectivity index (χ4n) is 2.47. The van der Waals surface area contributed by atoms with E-state index in [-0.39, 0.29) is 0 Å².